The van der Waals surface area contributed by atoms with Gasteiger partial charge in [-0.2, -0.15) is 0 Å². The van der Waals surface area contributed by atoms with Crippen molar-refractivity contribution in [2.45, 2.75) is 43.8 Å². The van der Waals surface area contributed by atoms with E-state index in [0.717, 1.165) is 43.6 Å². The van der Waals surface area contributed by atoms with E-state index in [9.17, 15) is 13.2 Å². The average molecular weight is 470 g/mol. The van der Waals surface area contributed by atoms with Crippen molar-refractivity contribution in [1.82, 2.24) is 15.1 Å². The van der Waals surface area contributed by atoms with Gasteiger partial charge in [-0.05, 0) is 53.5 Å². The molecule has 33 heavy (non-hydrogen) atoms. The van der Waals surface area contributed by atoms with E-state index in [1.807, 2.05) is 17.0 Å². The summed E-state index contributed by atoms with van der Waals surface area (Å²) in [5.74, 6) is 0.957. The molecule has 0 bridgehead atoms. The highest BCUT2D eigenvalue weighted by Crippen LogP contribution is 2.38. The Labute approximate surface area is 195 Å². The molecule has 8 heteroatoms. The molecule has 5 rings (SSSR count). The van der Waals surface area contributed by atoms with E-state index in [1.54, 1.807) is 7.05 Å². The predicted molar refractivity (Wildman–Crippen MR) is 126 cm³/mol. The predicted octanol–water partition coefficient (Wildman–Crippen LogP) is 2.96. The van der Waals surface area contributed by atoms with Crippen molar-refractivity contribution < 1.29 is 17.9 Å². The molecule has 176 valence electrons. The second kappa shape index (κ2) is 8.99. The molecule has 1 saturated heterocycles. The van der Waals surface area contributed by atoms with Crippen LogP contribution in [0.4, 0.5) is 4.79 Å². The average Bonchev–Trinajstić information content (AvgIpc) is 3.38. The summed E-state index contributed by atoms with van der Waals surface area (Å²) in [7, 11) is -1.68. The number of benzene rings is 2. The quantitative estimate of drug-likeness (QED) is 0.729. The van der Waals surface area contributed by atoms with Crippen LogP contribution in [0.5, 0.6) is 5.75 Å². The van der Waals surface area contributed by atoms with Gasteiger partial charge in [0.1, 0.15) is 10.6 Å². The summed E-state index contributed by atoms with van der Waals surface area (Å²) in [6.07, 6.45) is 2.27. The first kappa shape index (κ1) is 22.2. The first-order valence-corrected chi connectivity index (χ1v) is 13.4. The zero-order valence-corrected chi connectivity index (χ0v) is 19.9. The summed E-state index contributed by atoms with van der Waals surface area (Å²) in [6, 6.07) is 12.3. The smallest absolute Gasteiger partial charge is 0.317 e. The molecule has 0 atom stereocenters. The molecular weight excluding hydrogens is 438 g/mol. The van der Waals surface area contributed by atoms with Crippen molar-refractivity contribution in [3.05, 3.63) is 58.7 Å². The van der Waals surface area contributed by atoms with Gasteiger partial charge in [0.2, 0.25) is 0 Å². The lowest BCUT2D eigenvalue weighted by molar-refractivity contribution is 0.145. The maximum atomic E-state index is 12.9. The summed E-state index contributed by atoms with van der Waals surface area (Å²) in [6.45, 7) is 4.40. The number of urea groups is 1. The van der Waals surface area contributed by atoms with E-state index in [-0.39, 0.29) is 11.8 Å². The van der Waals surface area contributed by atoms with Crippen LogP contribution < -0.4 is 10.1 Å². The topological polar surface area (TPSA) is 79.0 Å². The number of ether oxygens (including phenoxy) is 1. The lowest BCUT2D eigenvalue weighted by atomic mass is 9.98. The molecular formula is C25H31N3O4S. The Balaban J connectivity index is 1.28. The van der Waals surface area contributed by atoms with Gasteiger partial charge in [0.15, 0.2) is 9.84 Å². The van der Waals surface area contributed by atoms with Gasteiger partial charge in [-0.25, -0.2) is 13.2 Å². The van der Waals surface area contributed by atoms with Gasteiger partial charge in [-0.3, -0.25) is 4.90 Å². The van der Waals surface area contributed by atoms with Crippen LogP contribution in [0.1, 0.15) is 35.1 Å². The number of fused-ring (bicyclic) bond motifs is 2. The van der Waals surface area contributed by atoms with Crippen molar-refractivity contribution in [2.75, 3.05) is 32.5 Å². The van der Waals surface area contributed by atoms with Crippen LogP contribution in [-0.4, -0.2) is 56.7 Å². The third-order valence-electron chi connectivity index (χ3n) is 7.14. The van der Waals surface area contributed by atoms with Crippen molar-refractivity contribution in [3.63, 3.8) is 0 Å². The van der Waals surface area contributed by atoms with Gasteiger partial charge in [0.25, 0.3) is 0 Å². The summed E-state index contributed by atoms with van der Waals surface area (Å²) < 4.78 is 31.9. The molecule has 2 aromatic rings. The molecule has 0 radical (unpaired) electrons. The molecule has 1 N–H and O–H groups in total. The summed E-state index contributed by atoms with van der Waals surface area (Å²) >= 11 is 0. The van der Waals surface area contributed by atoms with E-state index in [0.29, 0.717) is 42.7 Å². The SMILES string of the molecule is CNC(=O)N1CCC(COc2ccc(CN3Cc4ccccc4C3)c3c2S(=O)(=O)CC3)CC1. The molecule has 7 nitrogen and oxygen atoms in total. The standard InChI is InChI=1S/C25H31N3O4S/c1-26-25(29)28-11-8-18(9-12-28)17-32-23-7-6-21(22-10-13-33(30,31)24(22)23)16-27-14-19-4-2-3-5-20(19)15-27/h2-7,18H,8-17H2,1H3,(H,26,29). The maximum Gasteiger partial charge on any atom is 0.317 e. The number of hydrogen-bond donors (Lipinski definition) is 1. The number of rotatable bonds is 5. The highest BCUT2D eigenvalue weighted by molar-refractivity contribution is 7.91. The lowest BCUT2D eigenvalue weighted by Gasteiger charge is -2.31. The van der Waals surface area contributed by atoms with Gasteiger partial charge in [-0.15, -0.1) is 0 Å². The highest BCUT2D eigenvalue weighted by Gasteiger charge is 2.33. The Morgan fingerprint density at radius 2 is 1.79 bits per heavy atom. The Morgan fingerprint density at radius 3 is 2.45 bits per heavy atom. The Morgan fingerprint density at radius 1 is 1.09 bits per heavy atom. The van der Waals surface area contributed by atoms with Crippen LogP contribution in [0, 0.1) is 5.92 Å². The number of nitrogens with one attached hydrogen (secondary N) is 1. The van der Waals surface area contributed by atoms with E-state index < -0.39 is 9.84 Å². The van der Waals surface area contributed by atoms with Crippen LogP contribution in [0.2, 0.25) is 0 Å². The molecule has 2 aromatic carbocycles. The fourth-order valence-corrected chi connectivity index (χ4v) is 7.01. The van der Waals surface area contributed by atoms with Gasteiger partial charge in [0.05, 0.1) is 12.4 Å². The van der Waals surface area contributed by atoms with Crippen molar-refractivity contribution in [2.24, 2.45) is 5.92 Å². The third-order valence-corrected chi connectivity index (χ3v) is 8.95. The number of piperidine rings is 1. The van der Waals surface area contributed by atoms with Gasteiger partial charge in [0, 0.05) is 39.8 Å². The molecule has 0 unspecified atom stereocenters. The minimum atomic E-state index is -3.33. The van der Waals surface area contributed by atoms with Gasteiger partial charge in [-0.1, -0.05) is 30.3 Å². The number of likely N-dealkylation sites (tertiary alicyclic amines) is 1. The van der Waals surface area contributed by atoms with Crippen LogP contribution in [0.25, 0.3) is 0 Å². The fourth-order valence-electron chi connectivity index (χ4n) is 5.29. The van der Waals surface area contributed by atoms with Crippen molar-refractivity contribution in [3.8, 4) is 5.75 Å². The number of nitrogens with zero attached hydrogens (tertiary/aromatic N) is 2. The first-order chi connectivity index (χ1) is 15.9. The van der Waals surface area contributed by atoms with E-state index in [1.165, 1.54) is 11.1 Å². The molecule has 0 aliphatic carbocycles. The zero-order chi connectivity index (χ0) is 23.0. The van der Waals surface area contributed by atoms with Gasteiger partial charge >= 0.3 is 6.03 Å². The second-order valence-corrected chi connectivity index (χ2v) is 11.4. The first-order valence-electron chi connectivity index (χ1n) is 11.7. The normalized spacial score (nSPS) is 19.8. The maximum absolute atomic E-state index is 12.9. The summed E-state index contributed by atoms with van der Waals surface area (Å²) in [5.41, 5.74) is 4.72. The van der Waals surface area contributed by atoms with Crippen molar-refractivity contribution in [1.29, 1.82) is 0 Å². The third kappa shape index (κ3) is 4.46. The largest absolute Gasteiger partial charge is 0.492 e. The molecule has 3 aliphatic heterocycles. The molecule has 0 saturated carbocycles. The molecule has 0 aromatic heterocycles. The van der Waals surface area contributed by atoms with Gasteiger partial charge < -0.3 is 15.0 Å². The van der Waals surface area contributed by atoms with Crippen molar-refractivity contribution >= 4 is 15.9 Å². The fraction of sp³-hybridized carbons (Fsp3) is 0.480. The summed E-state index contributed by atoms with van der Waals surface area (Å²) in [5, 5.41) is 2.67. The number of carbonyl (C=O) groups is 1. The van der Waals surface area contributed by atoms with Crippen LogP contribution >= 0.6 is 0 Å². The Hall–Kier alpha value is -2.58. The lowest BCUT2D eigenvalue weighted by Crippen LogP contribution is -2.43. The van der Waals surface area contributed by atoms with E-state index in [4.69, 9.17) is 4.74 Å². The second-order valence-electron chi connectivity index (χ2n) is 9.31. The van der Waals surface area contributed by atoms with E-state index in [2.05, 4.69) is 34.5 Å². The minimum Gasteiger partial charge on any atom is -0.492 e. The highest BCUT2D eigenvalue weighted by atomic mass is 32.2. The number of amides is 2. The number of hydrogen-bond acceptors (Lipinski definition) is 5. The molecule has 2 amide bonds. The summed E-state index contributed by atoms with van der Waals surface area (Å²) in [4.78, 5) is 16.4. The Bertz CT molecular complexity index is 1130. The molecule has 3 heterocycles. The Kier molecular flexibility index (Phi) is 6.05. The van der Waals surface area contributed by atoms with Crippen LogP contribution in [0.3, 0.4) is 0 Å². The van der Waals surface area contributed by atoms with Crippen LogP contribution in [-0.2, 0) is 35.9 Å². The monoisotopic (exact) mass is 469 g/mol. The minimum absolute atomic E-state index is 0.0463. The van der Waals surface area contributed by atoms with E-state index >= 15 is 0 Å². The van der Waals surface area contributed by atoms with Crippen LogP contribution in [0.15, 0.2) is 41.3 Å². The number of carbonyl (C=O) groups excluding carboxylic acids is 1. The molecule has 0 spiro atoms. The zero-order valence-electron chi connectivity index (χ0n) is 19.0. The number of sulfone groups is 1. The molecule has 3 aliphatic rings. The molecule has 1 fully saturated rings.